The van der Waals surface area contributed by atoms with E-state index in [1.165, 1.54) is 0 Å². The second kappa shape index (κ2) is 8.62. The fourth-order valence-electron chi connectivity index (χ4n) is 4.66. The van der Waals surface area contributed by atoms with Crippen molar-refractivity contribution in [1.29, 1.82) is 0 Å². The number of nitrogens with zero attached hydrogens (tertiary/aromatic N) is 2. The molecule has 1 fully saturated rings. The van der Waals surface area contributed by atoms with Crippen molar-refractivity contribution in [2.45, 2.75) is 25.2 Å². The van der Waals surface area contributed by atoms with Crippen molar-refractivity contribution in [1.82, 2.24) is 9.97 Å². The van der Waals surface area contributed by atoms with Crippen molar-refractivity contribution in [2.75, 3.05) is 28.6 Å². The molecular formula is C24H24N6O4. The molecule has 5 rings (SSSR count). The number of hydrogen-bond acceptors (Lipinski definition) is 6. The molecule has 3 aromatic rings. The van der Waals surface area contributed by atoms with Crippen molar-refractivity contribution < 1.29 is 14.4 Å². The van der Waals surface area contributed by atoms with Gasteiger partial charge < -0.3 is 21.3 Å². The van der Waals surface area contributed by atoms with Gasteiger partial charge in [0.15, 0.2) is 0 Å². The van der Waals surface area contributed by atoms with E-state index >= 15 is 0 Å². The lowest BCUT2D eigenvalue weighted by atomic mass is 9.92. The average molecular weight is 460 g/mol. The Labute approximate surface area is 194 Å². The van der Waals surface area contributed by atoms with Crippen LogP contribution in [0.1, 0.15) is 30.7 Å². The van der Waals surface area contributed by atoms with Crippen molar-refractivity contribution in [2.24, 2.45) is 11.7 Å². The Morgan fingerprint density at radius 1 is 1.06 bits per heavy atom. The summed E-state index contributed by atoms with van der Waals surface area (Å²) in [7, 11) is 0. The summed E-state index contributed by atoms with van der Waals surface area (Å²) in [5.41, 5.74) is 5.66. The van der Waals surface area contributed by atoms with Gasteiger partial charge in [0.1, 0.15) is 5.82 Å². The molecule has 5 N–H and O–H groups in total. The number of fused-ring (bicyclic) bond motifs is 2. The molecule has 2 aromatic carbocycles. The maximum atomic E-state index is 13.2. The Morgan fingerprint density at radius 3 is 2.56 bits per heavy atom. The fourth-order valence-corrected chi connectivity index (χ4v) is 4.66. The first-order valence-corrected chi connectivity index (χ1v) is 11.2. The summed E-state index contributed by atoms with van der Waals surface area (Å²) >= 11 is 0. The van der Waals surface area contributed by atoms with Crippen LogP contribution in [0.2, 0.25) is 0 Å². The number of piperidine rings is 1. The number of nitrogens with one attached hydrogen (secondary N) is 3. The second-order valence-corrected chi connectivity index (χ2v) is 8.64. The Morgan fingerprint density at radius 2 is 1.79 bits per heavy atom. The number of primary amides is 1. The van der Waals surface area contributed by atoms with E-state index in [9.17, 15) is 19.2 Å². The molecule has 10 heteroatoms. The number of rotatable bonds is 4. The molecule has 0 aliphatic carbocycles. The molecule has 0 bridgehead atoms. The molecule has 0 unspecified atom stereocenters. The van der Waals surface area contributed by atoms with Crippen LogP contribution in [0.3, 0.4) is 0 Å². The van der Waals surface area contributed by atoms with Gasteiger partial charge in [-0.25, -0.2) is 0 Å². The summed E-state index contributed by atoms with van der Waals surface area (Å²) < 4.78 is 0. The van der Waals surface area contributed by atoms with Gasteiger partial charge in [-0.2, -0.15) is 4.98 Å². The van der Waals surface area contributed by atoms with Gasteiger partial charge in [0, 0.05) is 36.5 Å². The predicted octanol–water partition coefficient (Wildman–Crippen LogP) is 1.69. The van der Waals surface area contributed by atoms with E-state index in [0.29, 0.717) is 37.6 Å². The minimum absolute atomic E-state index is 0.0881. The summed E-state index contributed by atoms with van der Waals surface area (Å²) in [6.07, 6.45) is 0.953. The van der Waals surface area contributed by atoms with Crippen molar-refractivity contribution in [3.8, 4) is 0 Å². The SMILES string of the molecule is NC(=O)C1CCN(c2nc3c(c(=O)[nH]2)[C@H](C(=O)Nc2cccc4ccccc24)CC(=O)N3)CC1. The van der Waals surface area contributed by atoms with Crippen LogP contribution in [0.5, 0.6) is 0 Å². The molecule has 1 atom stereocenters. The minimum atomic E-state index is -0.978. The number of aromatic amines is 1. The zero-order chi connectivity index (χ0) is 23.8. The Kier molecular flexibility index (Phi) is 5.48. The van der Waals surface area contributed by atoms with Gasteiger partial charge in [-0.05, 0) is 24.3 Å². The van der Waals surface area contributed by atoms with E-state index in [1.54, 1.807) is 6.07 Å². The number of H-pyrrole nitrogens is 1. The van der Waals surface area contributed by atoms with Crippen molar-refractivity contribution in [3.05, 3.63) is 58.4 Å². The third kappa shape index (κ3) is 3.98. The smallest absolute Gasteiger partial charge is 0.258 e. The summed E-state index contributed by atoms with van der Waals surface area (Å²) in [6.45, 7) is 0.989. The largest absolute Gasteiger partial charge is 0.369 e. The minimum Gasteiger partial charge on any atom is -0.369 e. The van der Waals surface area contributed by atoms with Crippen LogP contribution in [-0.4, -0.2) is 40.8 Å². The van der Waals surface area contributed by atoms with Gasteiger partial charge in [-0.15, -0.1) is 0 Å². The highest BCUT2D eigenvalue weighted by molar-refractivity contribution is 6.08. The van der Waals surface area contributed by atoms with Crippen LogP contribution in [0.25, 0.3) is 10.8 Å². The third-order valence-electron chi connectivity index (χ3n) is 6.50. The number of aromatic nitrogens is 2. The molecule has 0 radical (unpaired) electrons. The number of carbonyl (C=O) groups excluding carboxylic acids is 3. The lowest BCUT2D eigenvalue weighted by molar-refractivity contribution is -0.123. The Balaban J connectivity index is 1.43. The number of hydrogen-bond donors (Lipinski definition) is 4. The summed E-state index contributed by atoms with van der Waals surface area (Å²) in [4.78, 5) is 59.2. The van der Waals surface area contributed by atoms with Gasteiger partial charge in [0.2, 0.25) is 23.7 Å². The fraction of sp³-hybridized carbons (Fsp3) is 0.292. The van der Waals surface area contributed by atoms with Crippen LogP contribution < -0.4 is 26.8 Å². The van der Waals surface area contributed by atoms with E-state index < -0.39 is 17.4 Å². The molecule has 1 aromatic heterocycles. The molecule has 0 saturated carbocycles. The van der Waals surface area contributed by atoms with Crippen LogP contribution in [0.15, 0.2) is 47.3 Å². The highest BCUT2D eigenvalue weighted by Gasteiger charge is 2.35. The molecule has 3 heterocycles. The van der Waals surface area contributed by atoms with Crippen LogP contribution in [0, 0.1) is 5.92 Å². The maximum absolute atomic E-state index is 13.2. The number of anilines is 3. The van der Waals surface area contributed by atoms with E-state index in [0.717, 1.165) is 10.8 Å². The van der Waals surface area contributed by atoms with Gasteiger partial charge >= 0.3 is 0 Å². The predicted molar refractivity (Wildman–Crippen MR) is 128 cm³/mol. The summed E-state index contributed by atoms with van der Waals surface area (Å²) in [6, 6.07) is 13.2. The van der Waals surface area contributed by atoms with Gasteiger partial charge in [0.25, 0.3) is 5.56 Å². The van der Waals surface area contributed by atoms with Crippen molar-refractivity contribution >= 4 is 45.9 Å². The van der Waals surface area contributed by atoms with Gasteiger partial charge in [-0.1, -0.05) is 36.4 Å². The Bertz CT molecular complexity index is 1350. The van der Waals surface area contributed by atoms with E-state index in [4.69, 9.17) is 5.73 Å². The Hall–Kier alpha value is -4.21. The van der Waals surface area contributed by atoms with Gasteiger partial charge in [0.05, 0.1) is 11.5 Å². The normalized spacial score (nSPS) is 18.3. The zero-order valence-corrected chi connectivity index (χ0v) is 18.3. The highest BCUT2D eigenvalue weighted by atomic mass is 16.2. The first-order chi connectivity index (χ1) is 16.4. The summed E-state index contributed by atoms with van der Waals surface area (Å²) in [5, 5.41) is 7.34. The van der Waals surface area contributed by atoms with Crippen LogP contribution in [0.4, 0.5) is 17.5 Å². The number of nitrogens with two attached hydrogens (primary N) is 1. The molecule has 3 amide bonds. The molecule has 2 aliphatic heterocycles. The summed E-state index contributed by atoms with van der Waals surface area (Å²) in [5.74, 6) is -1.97. The van der Waals surface area contributed by atoms with E-state index in [2.05, 4.69) is 20.6 Å². The lowest BCUT2D eigenvalue weighted by Gasteiger charge is -2.32. The average Bonchev–Trinajstić information content (AvgIpc) is 2.83. The molecule has 0 spiro atoms. The number of carbonyl (C=O) groups is 3. The standard InChI is InChI=1S/C24H24N6O4/c25-20(32)14-8-10-30(11-9-14)24-28-21-19(23(34)29-24)16(12-18(31)27-21)22(33)26-17-7-3-5-13-4-1-2-6-15(13)17/h1-7,14,16H,8-12H2,(H2,25,32)(H,26,33)(H2,27,28,29,31,34)/t16-/m1/s1. The first kappa shape index (κ1) is 21.6. The van der Waals surface area contributed by atoms with Crippen LogP contribution >= 0.6 is 0 Å². The van der Waals surface area contributed by atoms with E-state index in [1.807, 2.05) is 41.3 Å². The molecular weight excluding hydrogens is 436 g/mol. The maximum Gasteiger partial charge on any atom is 0.258 e. The first-order valence-electron chi connectivity index (χ1n) is 11.2. The van der Waals surface area contributed by atoms with Gasteiger partial charge in [-0.3, -0.25) is 24.2 Å². The molecule has 34 heavy (non-hydrogen) atoms. The molecule has 174 valence electrons. The van der Waals surface area contributed by atoms with E-state index in [-0.39, 0.29) is 35.5 Å². The molecule has 2 aliphatic rings. The molecule has 10 nitrogen and oxygen atoms in total. The topological polar surface area (TPSA) is 150 Å². The van der Waals surface area contributed by atoms with Crippen molar-refractivity contribution in [3.63, 3.8) is 0 Å². The van der Waals surface area contributed by atoms with Crippen LogP contribution in [-0.2, 0) is 14.4 Å². The number of amides is 3. The quantitative estimate of drug-likeness (QED) is 0.465. The molecule has 1 saturated heterocycles. The monoisotopic (exact) mass is 460 g/mol. The second-order valence-electron chi connectivity index (χ2n) is 8.64. The lowest BCUT2D eigenvalue weighted by Crippen LogP contribution is -2.41. The highest BCUT2D eigenvalue weighted by Crippen LogP contribution is 2.32. The third-order valence-corrected chi connectivity index (χ3v) is 6.50. The number of benzene rings is 2. The zero-order valence-electron chi connectivity index (χ0n) is 18.3.